The van der Waals surface area contributed by atoms with E-state index in [0.717, 1.165) is 25.8 Å². The number of nitrogens with one attached hydrogen (secondary N) is 1. The molecular formula is C20H31N3O2. The lowest BCUT2D eigenvalue weighted by atomic mass is 10.1. The zero-order chi connectivity index (χ0) is 18.2. The number of benzene rings is 1. The number of nitrogens with zero attached hydrogens (tertiary/aromatic N) is 2. The first-order valence-electron chi connectivity index (χ1n) is 9.40. The van der Waals surface area contributed by atoms with Crippen LogP contribution >= 0.6 is 0 Å². The third kappa shape index (κ3) is 5.21. The van der Waals surface area contributed by atoms with Crippen LogP contribution in [0, 0.1) is 5.92 Å². The molecule has 0 aromatic heterocycles. The molecule has 1 aromatic carbocycles. The van der Waals surface area contributed by atoms with E-state index >= 15 is 0 Å². The Morgan fingerprint density at radius 2 is 1.96 bits per heavy atom. The average molecular weight is 345 g/mol. The van der Waals surface area contributed by atoms with Gasteiger partial charge in [-0.1, -0.05) is 32.0 Å². The maximum Gasteiger partial charge on any atom is 0.225 e. The Kier molecular flexibility index (Phi) is 7.29. The van der Waals surface area contributed by atoms with E-state index in [0.29, 0.717) is 19.5 Å². The van der Waals surface area contributed by atoms with E-state index in [-0.39, 0.29) is 23.8 Å². The molecule has 1 aliphatic heterocycles. The standard InChI is InChI=1S/C20H31N3O2/c1-4-17(5-2)23-15-16(14-19(23)24)20(25)21-12-9-13-22(3)18-10-7-6-8-11-18/h6-8,10-11,16-17H,4-5,9,12-15H2,1-3H3,(H,21,25). The summed E-state index contributed by atoms with van der Waals surface area (Å²) in [5.41, 5.74) is 1.18. The summed E-state index contributed by atoms with van der Waals surface area (Å²) < 4.78 is 0. The van der Waals surface area contributed by atoms with Crippen LogP contribution < -0.4 is 10.2 Å². The molecule has 1 unspecified atom stereocenters. The normalized spacial score (nSPS) is 17.2. The molecule has 1 heterocycles. The molecular weight excluding hydrogens is 314 g/mol. The number of para-hydroxylation sites is 1. The van der Waals surface area contributed by atoms with Gasteiger partial charge in [0.2, 0.25) is 11.8 Å². The zero-order valence-corrected chi connectivity index (χ0v) is 15.7. The third-order valence-electron chi connectivity index (χ3n) is 5.08. The molecule has 0 spiro atoms. The first-order chi connectivity index (χ1) is 12.1. The largest absolute Gasteiger partial charge is 0.375 e. The lowest BCUT2D eigenvalue weighted by Crippen LogP contribution is -2.38. The Balaban J connectivity index is 1.71. The SMILES string of the molecule is CCC(CC)N1CC(C(=O)NCCCN(C)c2ccccc2)CC1=O. The van der Waals surface area contributed by atoms with Crippen LogP contribution in [0.1, 0.15) is 39.5 Å². The lowest BCUT2D eigenvalue weighted by Gasteiger charge is -2.26. The second kappa shape index (κ2) is 9.44. The number of amides is 2. The molecule has 1 aromatic rings. The van der Waals surface area contributed by atoms with Crippen molar-refractivity contribution < 1.29 is 9.59 Å². The summed E-state index contributed by atoms with van der Waals surface area (Å²) >= 11 is 0. The Morgan fingerprint density at radius 1 is 1.28 bits per heavy atom. The van der Waals surface area contributed by atoms with Crippen LogP contribution in [0.4, 0.5) is 5.69 Å². The number of carbonyl (C=O) groups is 2. The minimum atomic E-state index is -0.194. The minimum absolute atomic E-state index is 0.0178. The van der Waals surface area contributed by atoms with Crippen molar-refractivity contribution in [2.45, 2.75) is 45.6 Å². The van der Waals surface area contributed by atoms with Crippen molar-refractivity contribution in [1.82, 2.24) is 10.2 Å². The van der Waals surface area contributed by atoms with Crippen molar-refractivity contribution in [3.63, 3.8) is 0 Å². The minimum Gasteiger partial charge on any atom is -0.375 e. The summed E-state index contributed by atoms with van der Waals surface area (Å²) in [5.74, 6) is -0.0539. The van der Waals surface area contributed by atoms with Gasteiger partial charge >= 0.3 is 0 Å². The average Bonchev–Trinajstić information content (AvgIpc) is 3.02. The van der Waals surface area contributed by atoms with Gasteiger partial charge in [-0.15, -0.1) is 0 Å². The highest BCUT2D eigenvalue weighted by Gasteiger charge is 2.36. The fourth-order valence-corrected chi connectivity index (χ4v) is 3.47. The molecule has 25 heavy (non-hydrogen) atoms. The van der Waals surface area contributed by atoms with Crippen LogP contribution in [-0.2, 0) is 9.59 Å². The molecule has 5 nitrogen and oxygen atoms in total. The monoisotopic (exact) mass is 345 g/mol. The van der Waals surface area contributed by atoms with Gasteiger partial charge in [0.25, 0.3) is 0 Å². The van der Waals surface area contributed by atoms with E-state index in [2.05, 4.69) is 43.2 Å². The summed E-state index contributed by atoms with van der Waals surface area (Å²) in [5, 5.41) is 3.00. The fourth-order valence-electron chi connectivity index (χ4n) is 3.47. The zero-order valence-electron chi connectivity index (χ0n) is 15.7. The topological polar surface area (TPSA) is 52.7 Å². The number of hydrogen-bond acceptors (Lipinski definition) is 3. The summed E-state index contributed by atoms with van der Waals surface area (Å²) in [6.07, 6.45) is 3.13. The van der Waals surface area contributed by atoms with Crippen molar-refractivity contribution in [1.29, 1.82) is 0 Å². The molecule has 0 radical (unpaired) electrons. The van der Waals surface area contributed by atoms with Crippen LogP contribution in [0.15, 0.2) is 30.3 Å². The Bertz CT molecular complexity index is 557. The first kappa shape index (κ1) is 19.3. The van der Waals surface area contributed by atoms with Crippen LogP contribution in [-0.4, -0.2) is 49.4 Å². The highest BCUT2D eigenvalue weighted by atomic mass is 16.2. The van der Waals surface area contributed by atoms with Crippen molar-refractivity contribution in [2.75, 3.05) is 31.6 Å². The highest BCUT2D eigenvalue weighted by Crippen LogP contribution is 2.23. The van der Waals surface area contributed by atoms with E-state index in [1.807, 2.05) is 23.1 Å². The number of hydrogen-bond donors (Lipinski definition) is 1. The van der Waals surface area contributed by atoms with Gasteiger partial charge in [-0.3, -0.25) is 9.59 Å². The number of likely N-dealkylation sites (tertiary alicyclic amines) is 1. The molecule has 138 valence electrons. The summed E-state index contributed by atoms with van der Waals surface area (Å²) in [6, 6.07) is 10.5. The second-order valence-electron chi connectivity index (χ2n) is 6.82. The molecule has 1 N–H and O–H groups in total. The lowest BCUT2D eigenvalue weighted by molar-refractivity contribution is -0.130. The molecule has 0 saturated carbocycles. The quantitative estimate of drug-likeness (QED) is 0.700. The molecule has 1 fully saturated rings. The van der Waals surface area contributed by atoms with E-state index in [1.54, 1.807) is 0 Å². The van der Waals surface area contributed by atoms with Crippen LogP contribution in [0.3, 0.4) is 0 Å². The molecule has 1 saturated heterocycles. The van der Waals surface area contributed by atoms with E-state index < -0.39 is 0 Å². The smallest absolute Gasteiger partial charge is 0.225 e. The van der Waals surface area contributed by atoms with Crippen LogP contribution in [0.2, 0.25) is 0 Å². The maximum absolute atomic E-state index is 12.3. The van der Waals surface area contributed by atoms with Gasteiger partial charge in [-0.05, 0) is 31.4 Å². The van der Waals surface area contributed by atoms with Gasteiger partial charge in [-0.25, -0.2) is 0 Å². The van der Waals surface area contributed by atoms with Crippen molar-refractivity contribution in [2.24, 2.45) is 5.92 Å². The van der Waals surface area contributed by atoms with E-state index in [4.69, 9.17) is 0 Å². The van der Waals surface area contributed by atoms with Gasteiger partial charge in [0.05, 0.1) is 5.92 Å². The first-order valence-corrected chi connectivity index (χ1v) is 9.40. The number of carbonyl (C=O) groups excluding carboxylic acids is 2. The van der Waals surface area contributed by atoms with Crippen molar-refractivity contribution in [3.05, 3.63) is 30.3 Å². The molecule has 5 heteroatoms. The predicted molar refractivity (Wildman–Crippen MR) is 102 cm³/mol. The van der Waals surface area contributed by atoms with Crippen LogP contribution in [0.5, 0.6) is 0 Å². The predicted octanol–water partition coefficient (Wildman–Crippen LogP) is 2.67. The van der Waals surface area contributed by atoms with Gasteiger partial charge < -0.3 is 15.1 Å². The molecule has 2 rings (SSSR count). The van der Waals surface area contributed by atoms with Crippen molar-refractivity contribution in [3.8, 4) is 0 Å². The van der Waals surface area contributed by atoms with E-state index in [9.17, 15) is 9.59 Å². The Labute approximate surface area is 151 Å². The molecule has 1 aliphatic rings. The van der Waals surface area contributed by atoms with Crippen molar-refractivity contribution >= 4 is 17.5 Å². The summed E-state index contributed by atoms with van der Waals surface area (Å²) in [6.45, 7) is 6.29. The van der Waals surface area contributed by atoms with Gasteiger partial charge in [0.15, 0.2) is 0 Å². The molecule has 1 atom stereocenters. The fraction of sp³-hybridized carbons (Fsp3) is 0.600. The molecule has 0 bridgehead atoms. The third-order valence-corrected chi connectivity index (χ3v) is 5.08. The summed E-state index contributed by atoms with van der Waals surface area (Å²) in [7, 11) is 2.06. The number of rotatable bonds is 9. The van der Waals surface area contributed by atoms with Gasteiger partial charge in [0.1, 0.15) is 0 Å². The van der Waals surface area contributed by atoms with Gasteiger partial charge in [-0.2, -0.15) is 0 Å². The molecule has 0 aliphatic carbocycles. The summed E-state index contributed by atoms with van der Waals surface area (Å²) in [4.78, 5) is 28.6. The highest BCUT2D eigenvalue weighted by molar-refractivity contribution is 5.89. The Morgan fingerprint density at radius 3 is 2.60 bits per heavy atom. The second-order valence-corrected chi connectivity index (χ2v) is 6.82. The van der Waals surface area contributed by atoms with Crippen LogP contribution in [0.25, 0.3) is 0 Å². The number of anilines is 1. The molecule has 2 amide bonds. The Hall–Kier alpha value is -2.04. The van der Waals surface area contributed by atoms with E-state index in [1.165, 1.54) is 5.69 Å². The maximum atomic E-state index is 12.3. The van der Waals surface area contributed by atoms with Gasteiger partial charge in [0, 0.05) is 44.8 Å².